The molecule has 0 radical (unpaired) electrons. The third-order valence-corrected chi connectivity index (χ3v) is 3.13. The van der Waals surface area contributed by atoms with Crippen LogP contribution in [0.2, 0.25) is 0 Å². The molecule has 0 fully saturated rings. The molecule has 3 rings (SSSR count). The van der Waals surface area contributed by atoms with Crippen LogP contribution in [-0.2, 0) is 11.3 Å². The Bertz CT molecular complexity index is 660. The van der Waals surface area contributed by atoms with Gasteiger partial charge in [0.15, 0.2) is 0 Å². The Morgan fingerprint density at radius 3 is 2.43 bits per heavy atom. The summed E-state index contributed by atoms with van der Waals surface area (Å²) in [5, 5.41) is 0. The molecule has 2 aromatic carbocycles. The maximum atomic E-state index is 5.26. The van der Waals surface area contributed by atoms with Crippen molar-refractivity contribution in [3.63, 3.8) is 0 Å². The van der Waals surface area contributed by atoms with Crippen LogP contribution in [0, 0.1) is 0 Å². The molecule has 0 spiro atoms. The normalized spacial score (nSPS) is 14.1. The van der Waals surface area contributed by atoms with Crippen molar-refractivity contribution in [1.82, 2.24) is 0 Å². The monoisotopic (exact) mass is 276 g/mol. The number of aliphatic imine (C=N–C) groups is 1. The molecule has 0 atom stereocenters. The van der Waals surface area contributed by atoms with Crippen LogP contribution in [0.4, 0.5) is 5.69 Å². The minimum absolute atomic E-state index is 0.657. The fourth-order valence-electron chi connectivity index (χ4n) is 2.09. The van der Waals surface area contributed by atoms with E-state index in [1.807, 2.05) is 53.7 Å². The summed E-state index contributed by atoms with van der Waals surface area (Å²) in [7, 11) is 0. The van der Waals surface area contributed by atoms with Gasteiger partial charge >= 0.3 is 0 Å². The Morgan fingerprint density at radius 2 is 1.67 bits per heavy atom. The molecule has 0 amide bonds. The highest BCUT2D eigenvalue weighted by atomic mass is 16.5. The maximum absolute atomic E-state index is 5.26. The number of anilines is 1. The van der Waals surface area contributed by atoms with Crippen molar-refractivity contribution in [2.24, 2.45) is 4.99 Å². The highest BCUT2D eigenvalue weighted by Gasteiger charge is 2.10. The molecule has 3 heteroatoms. The topological polar surface area (TPSA) is 24.8 Å². The molecule has 3 nitrogen and oxygen atoms in total. The Morgan fingerprint density at radius 1 is 0.952 bits per heavy atom. The number of hydrogen-bond donors (Lipinski definition) is 0. The highest BCUT2D eigenvalue weighted by molar-refractivity contribution is 5.85. The molecule has 0 N–H and O–H groups in total. The van der Waals surface area contributed by atoms with Gasteiger partial charge in [-0.2, -0.15) is 0 Å². The van der Waals surface area contributed by atoms with Gasteiger partial charge in [-0.05, 0) is 17.7 Å². The summed E-state index contributed by atoms with van der Waals surface area (Å²) in [6.45, 7) is 0.657. The molecule has 1 heterocycles. The van der Waals surface area contributed by atoms with E-state index >= 15 is 0 Å². The molecular weight excluding hydrogens is 260 g/mol. The van der Waals surface area contributed by atoms with E-state index in [1.165, 1.54) is 5.56 Å². The number of hydrogen-bond acceptors (Lipinski definition) is 3. The molecule has 21 heavy (non-hydrogen) atoms. The predicted molar refractivity (Wildman–Crippen MR) is 85.9 cm³/mol. The molecule has 0 bridgehead atoms. The SMILES string of the molecule is C1=CN(c2ccccc2)C(C=NCc2ccccc2)=CO1. The Kier molecular flexibility index (Phi) is 4.12. The van der Waals surface area contributed by atoms with Crippen LogP contribution >= 0.6 is 0 Å². The first-order valence-corrected chi connectivity index (χ1v) is 6.84. The van der Waals surface area contributed by atoms with E-state index in [-0.39, 0.29) is 0 Å². The molecule has 0 saturated carbocycles. The van der Waals surface area contributed by atoms with Crippen LogP contribution < -0.4 is 4.90 Å². The second-order valence-electron chi connectivity index (χ2n) is 4.62. The summed E-state index contributed by atoms with van der Waals surface area (Å²) < 4.78 is 5.26. The van der Waals surface area contributed by atoms with Crippen LogP contribution in [0.15, 0.2) is 90.1 Å². The van der Waals surface area contributed by atoms with E-state index in [4.69, 9.17) is 4.74 Å². The first-order valence-electron chi connectivity index (χ1n) is 6.84. The highest BCUT2D eigenvalue weighted by Crippen LogP contribution is 2.21. The van der Waals surface area contributed by atoms with Crippen molar-refractivity contribution in [2.45, 2.75) is 6.54 Å². The quantitative estimate of drug-likeness (QED) is 0.785. The Labute approximate surface area is 124 Å². The summed E-state index contributed by atoms with van der Waals surface area (Å²) in [5.74, 6) is 0. The lowest BCUT2D eigenvalue weighted by Gasteiger charge is -2.23. The zero-order valence-corrected chi connectivity index (χ0v) is 11.6. The molecule has 0 aromatic heterocycles. The smallest absolute Gasteiger partial charge is 0.116 e. The molecule has 0 unspecified atom stereocenters. The van der Waals surface area contributed by atoms with Gasteiger partial charge in [0.25, 0.3) is 0 Å². The van der Waals surface area contributed by atoms with Crippen LogP contribution in [0.5, 0.6) is 0 Å². The number of rotatable bonds is 4. The predicted octanol–water partition coefficient (Wildman–Crippen LogP) is 4.11. The summed E-state index contributed by atoms with van der Waals surface area (Å²) in [6, 6.07) is 20.3. The summed E-state index contributed by atoms with van der Waals surface area (Å²) >= 11 is 0. The summed E-state index contributed by atoms with van der Waals surface area (Å²) in [5.41, 5.74) is 3.17. The number of benzene rings is 2. The summed E-state index contributed by atoms with van der Waals surface area (Å²) in [4.78, 5) is 6.53. The standard InChI is InChI=1S/C18H16N2O/c1-3-7-16(8-4-1)13-19-14-18-15-21-12-11-20(18)17-9-5-2-6-10-17/h1-12,14-15H,13H2. The minimum atomic E-state index is 0.657. The van der Waals surface area contributed by atoms with Gasteiger partial charge in [-0.25, -0.2) is 0 Å². The van der Waals surface area contributed by atoms with Gasteiger partial charge in [-0.3, -0.25) is 4.99 Å². The molecular formula is C18H16N2O. The zero-order valence-electron chi connectivity index (χ0n) is 11.6. The third-order valence-electron chi connectivity index (χ3n) is 3.13. The van der Waals surface area contributed by atoms with E-state index in [9.17, 15) is 0 Å². The number of para-hydroxylation sites is 1. The van der Waals surface area contributed by atoms with Gasteiger partial charge in [0.05, 0.1) is 12.2 Å². The number of allylic oxidation sites excluding steroid dienone is 1. The molecule has 0 aliphatic carbocycles. The van der Waals surface area contributed by atoms with E-state index in [2.05, 4.69) is 29.3 Å². The Balaban J connectivity index is 1.73. The lowest BCUT2D eigenvalue weighted by molar-refractivity contribution is 0.391. The van der Waals surface area contributed by atoms with Gasteiger partial charge < -0.3 is 9.64 Å². The van der Waals surface area contributed by atoms with Gasteiger partial charge in [0.2, 0.25) is 0 Å². The first-order chi connectivity index (χ1) is 10.4. The largest absolute Gasteiger partial charge is 0.469 e. The van der Waals surface area contributed by atoms with Gasteiger partial charge in [0.1, 0.15) is 12.5 Å². The second-order valence-corrected chi connectivity index (χ2v) is 4.62. The average molecular weight is 276 g/mol. The van der Waals surface area contributed by atoms with Crippen molar-refractivity contribution < 1.29 is 4.74 Å². The first kappa shape index (κ1) is 13.2. The van der Waals surface area contributed by atoms with E-state index in [0.29, 0.717) is 6.54 Å². The Hall–Kier alpha value is -2.81. The van der Waals surface area contributed by atoms with E-state index in [1.54, 1.807) is 12.5 Å². The average Bonchev–Trinajstić information content (AvgIpc) is 2.57. The molecule has 0 saturated heterocycles. The fourth-order valence-corrected chi connectivity index (χ4v) is 2.09. The lowest BCUT2D eigenvalue weighted by Crippen LogP contribution is -2.19. The third kappa shape index (κ3) is 3.39. The van der Waals surface area contributed by atoms with E-state index < -0.39 is 0 Å². The van der Waals surface area contributed by atoms with Crippen LogP contribution in [0.1, 0.15) is 5.56 Å². The van der Waals surface area contributed by atoms with Crippen LogP contribution in [0.25, 0.3) is 0 Å². The second kappa shape index (κ2) is 6.57. The number of ether oxygens (including phenoxy) is 1. The van der Waals surface area contributed by atoms with Crippen molar-refractivity contribution in [1.29, 1.82) is 0 Å². The maximum Gasteiger partial charge on any atom is 0.116 e. The minimum Gasteiger partial charge on any atom is -0.469 e. The van der Waals surface area contributed by atoms with Crippen molar-refractivity contribution >= 4 is 11.9 Å². The van der Waals surface area contributed by atoms with Gasteiger partial charge in [-0.1, -0.05) is 48.5 Å². The number of nitrogens with zero attached hydrogens (tertiary/aromatic N) is 2. The van der Waals surface area contributed by atoms with Gasteiger partial charge in [0, 0.05) is 18.1 Å². The van der Waals surface area contributed by atoms with Crippen LogP contribution in [0.3, 0.4) is 0 Å². The van der Waals surface area contributed by atoms with Gasteiger partial charge in [-0.15, -0.1) is 0 Å². The molecule has 1 aliphatic rings. The fraction of sp³-hybridized carbons (Fsp3) is 0.0556. The summed E-state index contributed by atoms with van der Waals surface area (Å²) in [6.07, 6.45) is 7.08. The molecule has 2 aromatic rings. The molecule has 104 valence electrons. The van der Waals surface area contributed by atoms with E-state index in [0.717, 1.165) is 11.4 Å². The van der Waals surface area contributed by atoms with Crippen molar-refractivity contribution in [3.05, 3.63) is 90.6 Å². The van der Waals surface area contributed by atoms with Crippen molar-refractivity contribution in [2.75, 3.05) is 4.90 Å². The zero-order chi connectivity index (χ0) is 14.3. The lowest BCUT2D eigenvalue weighted by atomic mass is 10.2. The van der Waals surface area contributed by atoms with Crippen LogP contribution in [-0.4, -0.2) is 6.21 Å². The van der Waals surface area contributed by atoms with Crippen molar-refractivity contribution in [3.8, 4) is 0 Å². The molecule has 1 aliphatic heterocycles.